The first-order chi connectivity index (χ1) is 8.65. The van der Waals surface area contributed by atoms with Crippen molar-refractivity contribution < 1.29 is 13.4 Å². The van der Waals surface area contributed by atoms with Crippen LogP contribution >= 0.6 is 0 Å². The number of hydrogen-bond acceptors (Lipinski definition) is 3. The van der Waals surface area contributed by atoms with E-state index < -0.39 is 22.5 Å². The third kappa shape index (κ3) is 3.61. The van der Waals surface area contributed by atoms with E-state index in [1.54, 1.807) is 12.1 Å². The van der Waals surface area contributed by atoms with Gasteiger partial charge in [0, 0.05) is 29.6 Å². The van der Waals surface area contributed by atoms with Gasteiger partial charge in [-0.25, -0.2) is 4.39 Å². The zero-order valence-corrected chi connectivity index (χ0v) is 10.6. The fraction of sp³-hybridized carbons (Fsp3) is 0.417. The molecule has 2 rings (SSSR count). The highest BCUT2D eigenvalue weighted by atomic mass is 32.2. The number of halogens is 1. The zero-order valence-electron chi connectivity index (χ0n) is 9.82. The van der Waals surface area contributed by atoms with Crippen molar-refractivity contribution in [1.29, 1.82) is 0 Å². The van der Waals surface area contributed by atoms with Gasteiger partial charge in [0.15, 0.2) is 0 Å². The van der Waals surface area contributed by atoms with Crippen LogP contribution in [0.5, 0.6) is 0 Å². The Kier molecular flexibility index (Phi) is 4.43. The van der Waals surface area contributed by atoms with Crippen molar-refractivity contribution in [3.05, 3.63) is 30.1 Å². The molecule has 1 aromatic rings. The molecule has 6 heteroatoms. The van der Waals surface area contributed by atoms with E-state index in [0.29, 0.717) is 11.7 Å². The van der Waals surface area contributed by atoms with Crippen LogP contribution in [0.3, 0.4) is 0 Å². The van der Waals surface area contributed by atoms with Crippen LogP contribution in [0, 0.1) is 11.7 Å². The molecular weight excluding hydrogens is 255 g/mol. The van der Waals surface area contributed by atoms with E-state index in [4.69, 9.17) is 0 Å². The van der Waals surface area contributed by atoms with Crippen LogP contribution in [0.25, 0.3) is 0 Å². The summed E-state index contributed by atoms with van der Waals surface area (Å²) in [5.41, 5.74) is 0.129. The van der Waals surface area contributed by atoms with Crippen molar-refractivity contribution >= 4 is 22.4 Å². The molecule has 1 heterocycles. The molecule has 1 unspecified atom stereocenters. The number of anilines is 1. The Balaban J connectivity index is 1.81. The molecule has 4 nitrogen and oxygen atoms in total. The molecule has 0 saturated carbocycles. The maximum Gasteiger partial charge on any atom is 0.237 e. The van der Waals surface area contributed by atoms with E-state index in [2.05, 4.69) is 10.6 Å². The Labute approximate surface area is 107 Å². The smallest absolute Gasteiger partial charge is 0.237 e. The van der Waals surface area contributed by atoms with E-state index in [-0.39, 0.29) is 11.4 Å². The van der Waals surface area contributed by atoms with Crippen LogP contribution in [-0.2, 0) is 15.6 Å². The van der Waals surface area contributed by atoms with Crippen molar-refractivity contribution in [2.24, 2.45) is 5.92 Å². The molecule has 98 valence electrons. The highest BCUT2D eigenvalue weighted by Gasteiger charge is 2.20. The van der Waals surface area contributed by atoms with Gasteiger partial charge in [-0.1, -0.05) is 12.1 Å². The third-order valence-electron chi connectivity index (χ3n) is 2.73. The van der Waals surface area contributed by atoms with Gasteiger partial charge in [0.25, 0.3) is 0 Å². The number of rotatable bonds is 5. The third-order valence-corrected chi connectivity index (χ3v) is 4.16. The largest absolute Gasteiger partial charge is 0.323 e. The number of hydrogen-bond donors (Lipinski definition) is 2. The van der Waals surface area contributed by atoms with Crippen LogP contribution in [-0.4, -0.2) is 34.7 Å². The summed E-state index contributed by atoms with van der Waals surface area (Å²) < 4.78 is 24.9. The van der Waals surface area contributed by atoms with Gasteiger partial charge < -0.3 is 10.6 Å². The highest BCUT2D eigenvalue weighted by Crippen LogP contribution is 2.12. The summed E-state index contributed by atoms with van der Waals surface area (Å²) in [5, 5.41) is 5.51. The lowest BCUT2D eigenvalue weighted by Gasteiger charge is -2.26. The van der Waals surface area contributed by atoms with Crippen molar-refractivity contribution in [1.82, 2.24) is 5.32 Å². The van der Waals surface area contributed by atoms with Gasteiger partial charge in [-0.15, -0.1) is 0 Å². The maximum atomic E-state index is 13.3. The molecule has 1 atom stereocenters. The summed E-state index contributed by atoms with van der Waals surface area (Å²) in [6, 6.07) is 5.93. The average Bonchev–Trinajstić information content (AvgIpc) is 2.27. The minimum atomic E-state index is -1.18. The van der Waals surface area contributed by atoms with Gasteiger partial charge in [0.2, 0.25) is 5.91 Å². The Morgan fingerprint density at radius 1 is 1.44 bits per heavy atom. The molecular formula is C12H15FN2O2S. The molecule has 1 saturated heterocycles. The quantitative estimate of drug-likeness (QED) is 0.829. The first-order valence-electron chi connectivity index (χ1n) is 5.75. The van der Waals surface area contributed by atoms with Gasteiger partial charge in [0.05, 0.1) is 5.69 Å². The molecule has 0 radical (unpaired) electrons. The van der Waals surface area contributed by atoms with Gasteiger partial charge in [-0.3, -0.25) is 9.00 Å². The number of nitrogens with one attached hydrogen (secondary N) is 2. The first kappa shape index (κ1) is 13.2. The first-order valence-corrected chi connectivity index (χ1v) is 7.24. The van der Waals surface area contributed by atoms with Crippen LogP contribution in [0.2, 0.25) is 0 Å². The highest BCUT2D eigenvalue weighted by molar-refractivity contribution is 7.85. The Morgan fingerprint density at radius 3 is 2.78 bits per heavy atom. The zero-order chi connectivity index (χ0) is 13.0. The number of carbonyl (C=O) groups is 1. The van der Waals surface area contributed by atoms with Crippen LogP contribution in [0.4, 0.5) is 10.1 Å². The lowest BCUT2D eigenvalue weighted by atomic mass is 10.1. The van der Waals surface area contributed by atoms with Gasteiger partial charge in [-0.05, 0) is 18.1 Å². The summed E-state index contributed by atoms with van der Waals surface area (Å²) in [5.74, 6) is -0.0552. The normalized spacial score (nSPS) is 16.9. The fourth-order valence-electron chi connectivity index (χ4n) is 1.68. The summed E-state index contributed by atoms with van der Waals surface area (Å²) in [6.45, 7) is 1.72. The molecule has 0 bridgehead atoms. The van der Waals surface area contributed by atoms with Crippen molar-refractivity contribution in [3.8, 4) is 0 Å². The molecule has 2 N–H and O–H groups in total. The van der Waals surface area contributed by atoms with Gasteiger partial charge in [0.1, 0.15) is 11.6 Å². The molecule has 0 aromatic heterocycles. The lowest BCUT2D eigenvalue weighted by Crippen LogP contribution is -2.45. The van der Waals surface area contributed by atoms with E-state index >= 15 is 0 Å². The predicted molar refractivity (Wildman–Crippen MR) is 69.3 cm³/mol. The number of carbonyl (C=O) groups excluding carboxylic acids is 1. The van der Waals surface area contributed by atoms with Crippen LogP contribution < -0.4 is 10.6 Å². The van der Waals surface area contributed by atoms with E-state index in [0.717, 1.165) is 13.1 Å². The molecule has 18 heavy (non-hydrogen) atoms. The van der Waals surface area contributed by atoms with Crippen molar-refractivity contribution in [2.45, 2.75) is 0 Å². The minimum absolute atomic E-state index is 0.0785. The second kappa shape index (κ2) is 6.06. The van der Waals surface area contributed by atoms with Gasteiger partial charge >= 0.3 is 0 Å². The Bertz CT molecular complexity index is 463. The maximum absolute atomic E-state index is 13.3. The van der Waals surface area contributed by atoms with Crippen molar-refractivity contribution in [3.63, 3.8) is 0 Å². The topological polar surface area (TPSA) is 58.2 Å². The second-order valence-electron chi connectivity index (χ2n) is 4.30. The van der Waals surface area contributed by atoms with Crippen molar-refractivity contribution in [2.75, 3.05) is 29.9 Å². The monoisotopic (exact) mass is 270 g/mol. The number of para-hydroxylation sites is 1. The fourth-order valence-corrected chi connectivity index (χ4v) is 2.93. The molecule has 1 amide bonds. The minimum Gasteiger partial charge on any atom is -0.323 e. The standard InChI is InChI=1S/C12H15FN2O2S/c13-10-3-1-2-4-11(10)15-12(16)8-18(17)7-9-5-14-6-9/h1-4,9,14H,5-8H2,(H,15,16). The molecule has 0 aliphatic carbocycles. The van der Waals surface area contributed by atoms with E-state index in [1.807, 2.05) is 0 Å². The molecule has 1 fully saturated rings. The van der Waals surface area contributed by atoms with Gasteiger partial charge in [-0.2, -0.15) is 0 Å². The Hall–Kier alpha value is -1.27. The summed E-state index contributed by atoms with van der Waals surface area (Å²) in [6.07, 6.45) is 0. The molecule has 0 spiro atoms. The van der Waals surface area contributed by atoms with E-state index in [1.165, 1.54) is 12.1 Å². The SMILES string of the molecule is O=C(CS(=O)CC1CNC1)Nc1ccccc1F. The number of amides is 1. The van der Waals surface area contributed by atoms with E-state index in [9.17, 15) is 13.4 Å². The second-order valence-corrected chi connectivity index (χ2v) is 5.80. The predicted octanol–water partition coefficient (Wildman–Crippen LogP) is 0.732. The Morgan fingerprint density at radius 2 is 2.17 bits per heavy atom. The summed E-state index contributed by atoms with van der Waals surface area (Å²) in [4.78, 5) is 11.6. The summed E-state index contributed by atoms with van der Waals surface area (Å²) >= 11 is 0. The van der Waals surface area contributed by atoms with Crippen LogP contribution in [0.15, 0.2) is 24.3 Å². The summed E-state index contributed by atoms with van der Waals surface area (Å²) in [7, 11) is -1.18. The molecule has 1 aromatic carbocycles. The lowest BCUT2D eigenvalue weighted by molar-refractivity contribution is -0.113. The molecule has 1 aliphatic rings. The molecule has 1 aliphatic heterocycles. The number of benzene rings is 1. The van der Waals surface area contributed by atoms with Crippen LogP contribution in [0.1, 0.15) is 0 Å². The average molecular weight is 270 g/mol.